The molecule has 18 heteroatoms. The third-order valence-corrected chi connectivity index (χ3v) is 35.3. The van der Waals surface area contributed by atoms with Crippen molar-refractivity contribution in [3.63, 3.8) is 0 Å². The molecule has 0 bridgehead atoms. The summed E-state index contributed by atoms with van der Waals surface area (Å²) in [5, 5.41) is 50.0. The molecular formula is C45H102Ni3O9P6+6. The van der Waals surface area contributed by atoms with Crippen LogP contribution in [0.5, 0.6) is 0 Å². The summed E-state index contributed by atoms with van der Waals surface area (Å²) in [4.78, 5) is 25.0. The quantitative estimate of drug-likeness (QED) is 0.0816. The van der Waals surface area contributed by atoms with E-state index in [2.05, 4.69) is 166 Å². The molecule has 0 atom stereocenters. The van der Waals surface area contributed by atoms with Crippen LogP contribution in [0.25, 0.3) is 0 Å². The van der Waals surface area contributed by atoms with Gasteiger partial charge in [0.05, 0.1) is 105 Å². The summed E-state index contributed by atoms with van der Waals surface area (Å²) in [6.45, 7) is 58.5. The third-order valence-electron chi connectivity index (χ3n) is 11.0. The predicted octanol–water partition coefficient (Wildman–Crippen LogP) is 7.80. The average Bonchev–Trinajstić information content (AvgIpc) is 3.00. The number of carboxylic acid groups (broad SMARTS) is 6. The minimum atomic E-state index is -2.33. The van der Waals surface area contributed by atoms with Gasteiger partial charge in [-0.1, -0.05) is 0 Å². The van der Waals surface area contributed by atoms with Gasteiger partial charge in [-0.15, -0.1) is 0 Å². The largest absolute Gasteiger partial charge is 2.00 e. The summed E-state index contributed by atoms with van der Waals surface area (Å²) in [5.74, 6) is 0. The Kier molecular flexibility index (Phi) is 67.6. The molecule has 0 rings (SSSR count). The molecule has 0 spiro atoms. The Hall–Kier alpha value is 1.87. The molecule has 0 aromatic carbocycles. The van der Waals surface area contributed by atoms with Crippen LogP contribution in [0.1, 0.15) is 166 Å². The molecule has 0 aliphatic heterocycles. The maximum Gasteiger partial charge on any atom is 2.00 e. The van der Waals surface area contributed by atoms with Crippen molar-refractivity contribution in [3.8, 4) is 0 Å². The van der Waals surface area contributed by atoms with Crippen LogP contribution in [0.3, 0.4) is 0 Å². The summed E-state index contributed by atoms with van der Waals surface area (Å²) in [7, 11) is -0.686. The summed E-state index contributed by atoms with van der Waals surface area (Å²) in [5.41, 5.74) is 11.4. The van der Waals surface area contributed by atoms with Crippen molar-refractivity contribution in [2.45, 2.75) is 234 Å². The van der Waals surface area contributed by atoms with Crippen LogP contribution in [0.4, 0.5) is 14.4 Å². The Labute approximate surface area is 428 Å². The van der Waals surface area contributed by atoms with Crippen molar-refractivity contribution in [3.05, 3.63) is 0 Å². The number of rotatable bonds is 21. The molecule has 0 amide bonds. The smallest absolute Gasteiger partial charge is 0.652 e. The van der Waals surface area contributed by atoms with Crippen LogP contribution < -0.4 is 30.6 Å². The zero-order chi connectivity index (χ0) is 49.4. The SMILES string of the molecule is CC(C)[PH+](CC[PH+](C(C)C)C(C)C)C(C)C.CC(C)[PH+](CC[PH+](C(C)C)C(C)C)C(C)C.CC(C)[PH+](CC[PH+](C(C)C)C(C)C)C(C)C.O=C([O-])[O-].O=C([O-])[O-].O=C([O-])[O-].[Ni+2].[Ni+2].[Ni+2]. The molecule has 0 N–H and O–H groups in total. The fourth-order valence-electron chi connectivity index (χ4n) is 8.33. The average molecular weight is 1150 g/mol. The first-order chi connectivity index (χ1) is 27.0. The Morgan fingerprint density at radius 2 is 0.286 bits per heavy atom. The molecule has 0 heterocycles. The molecule has 0 aromatic rings. The van der Waals surface area contributed by atoms with Gasteiger partial charge in [-0.3, -0.25) is 0 Å². The standard InChI is InChI=1S/3C14H32P2.3CH2O3.3Ni/c3*1-11(2)15(12(3)4)9-10-16(13(5)6)14(7)8;3*2-1(3)4;;;/h3*11-14H,9-10H2,1-8H3;3*(H2,2,3,4);;;/q;;;;;;3*+2. The molecular weight excluding hydrogens is 1050 g/mol. The van der Waals surface area contributed by atoms with E-state index in [0.717, 1.165) is 67.9 Å². The van der Waals surface area contributed by atoms with E-state index in [-0.39, 0.29) is 97.0 Å². The van der Waals surface area contributed by atoms with Crippen molar-refractivity contribution in [1.29, 1.82) is 0 Å². The molecule has 0 fully saturated rings. The first-order valence-corrected chi connectivity index (χ1v) is 33.9. The van der Waals surface area contributed by atoms with Crippen LogP contribution in [0.2, 0.25) is 0 Å². The third kappa shape index (κ3) is 58.1. The summed E-state index contributed by atoms with van der Waals surface area (Å²) in [6, 6.07) is 0. The van der Waals surface area contributed by atoms with Crippen LogP contribution in [-0.4, -0.2) is 123 Å². The minimum Gasteiger partial charge on any atom is -0.652 e. The summed E-state index contributed by atoms with van der Waals surface area (Å²) < 4.78 is 0. The molecule has 0 unspecified atom stereocenters. The molecule has 9 nitrogen and oxygen atoms in total. The van der Waals surface area contributed by atoms with Gasteiger partial charge in [0.2, 0.25) is 0 Å². The number of carbonyl (C=O) groups excluding carboxylic acids is 3. The molecule has 63 heavy (non-hydrogen) atoms. The van der Waals surface area contributed by atoms with Crippen LogP contribution in [-0.2, 0) is 49.5 Å². The summed E-state index contributed by atoms with van der Waals surface area (Å²) in [6.07, 6.45) is 2.36. The van der Waals surface area contributed by atoms with Gasteiger partial charge < -0.3 is 45.0 Å². The van der Waals surface area contributed by atoms with Gasteiger partial charge in [0.1, 0.15) is 0 Å². The Bertz CT molecular complexity index is 782. The number of hydrogen-bond acceptors (Lipinski definition) is 9. The minimum absolute atomic E-state index is 0. The van der Waals surface area contributed by atoms with Gasteiger partial charge in [0.15, 0.2) is 0 Å². The van der Waals surface area contributed by atoms with Crippen LogP contribution in [0.15, 0.2) is 0 Å². The van der Waals surface area contributed by atoms with E-state index in [9.17, 15) is 0 Å². The normalized spacial score (nSPS) is 11.1. The van der Waals surface area contributed by atoms with Gasteiger partial charge in [0.25, 0.3) is 0 Å². The monoisotopic (exact) mass is 1150 g/mol. The molecule has 0 saturated carbocycles. The summed E-state index contributed by atoms with van der Waals surface area (Å²) >= 11 is 0. The van der Waals surface area contributed by atoms with Gasteiger partial charge in [0, 0.05) is 47.5 Å². The van der Waals surface area contributed by atoms with E-state index < -0.39 is 18.5 Å². The first-order valence-electron chi connectivity index (χ1n) is 22.8. The molecule has 0 aromatic heterocycles. The van der Waals surface area contributed by atoms with Gasteiger partial charge >= 0.3 is 49.5 Å². The maximum absolute atomic E-state index is 8.33. The molecule has 0 radical (unpaired) electrons. The van der Waals surface area contributed by atoms with E-state index in [4.69, 9.17) is 45.0 Å². The first kappa shape index (κ1) is 84.8. The predicted molar refractivity (Wildman–Crippen MR) is 277 cm³/mol. The van der Waals surface area contributed by atoms with Gasteiger partial charge in [-0.25, -0.2) is 0 Å². The van der Waals surface area contributed by atoms with E-state index in [1.54, 1.807) is 37.0 Å². The second-order valence-electron chi connectivity index (χ2n) is 19.6. The van der Waals surface area contributed by atoms with Crippen molar-refractivity contribution >= 4 is 66.0 Å². The fourth-order valence-corrected chi connectivity index (χ4v) is 30.2. The van der Waals surface area contributed by atoms with E-state index in [1.165, 1.54) is 0 Å². The second-order valence-corrected chi connectivity index (χ2v) is 43.3. The molecule has 0 saturated heterocycles. The Morgan fingerprint density at radius 1 is 0.238 bits per heavy atom. The van der Waals surface area contributed by atoms with Crippen molar-refractivity contribution in [2.75, 3.05) is 37.0 Å². The maximum atomic E-state index is 8.33. The van der Waals surface area contributed by atoms with Crippen molar-refractivity contribution in [2.24, 2.45) is 0 Å². The molecule has 0 aliphatic rings. The van der Waals surface area contributed by atoms with Crippen molar-refractivity contribution in [1.82, 2.24) is 0 Å². The number of hydrogen-bond donors (Lipinski definition) is 0. The molecule has 390 valence electrons. The van der Waals surface area contributed by atoms with Gasteiger partial charge in [-0.05, 0) is 185 Å². The van der Waals surface area contributed by atoms with Gasteiger partial charge in [-0.2, -0.15) is 0 Å². The number of carbonyl (C=O) groups is 3. The van der Waals surface area contributed by atoms with E-state index in [0.29, 0.717) is 0 Å². The zero-order valence-electron chi connectivity index (χ0n) is 44.3. The second kappa shape index (κ2) is 50.3. The topological polar surface area (TPSA) is 190 Å². The van der Waals surface area contributed by atoms with Crippen LogP contribution in [0, 0.1) is 0 Å². The zero-order valence-corrected chi connectivity index (χ0v) is 53.3. The van der Waals surface area contributed by atoms with E-state index >= 15 is 0 Å². The Balaban J connectivity index is -0.0000000856. The fraction of sp³-hybridized carbons (Fsp3) is 0.933. The van der Waals surface area contributed by atoms with Crippen LogP contribution >= 0.6 is 47.5 Å². The Morgan fingerprint density at radius 3 is 0.317 bits per heavy atom. The molecule has 0 aliphatic carbocycles. The van der Waals surface area contributed by atoms with E-state index in [1.807, 2.05) is 0 Å². The van der Waals surface area contributed by atoms with Crippen molar-refractivity contribution < 1.29 is 94.5 Å².